The van der Waals surface area contributed by atoms with Crippen LogP contribution >= 0.6 is 0 Å². The van der Waals surface area contributed by atoms with Gasteiger partial charge in [0.25, 0.3) is 0 Å². The van der Waals surface area contributed by atoms with Crippen molar-refractivity contribution in [1.82, 2.24) is 0 Å². The Bertz CT molecular complexity index is 307. The zero-order valence-electron chi connectivity index (χ0n) is 6.53. The summed E-state index contributed by atoms with van der Waals surface area (Å²) in [7, 11) is 0. The fourth-order valence-electron chi connectivity index (χ4n) is 0.815. The van der Waals surface area contributed by atoms with Gasteiger partial charge in [-0.1, -0.05) is 18.7 Å². The summed E-state index contributed by atoms with van der Waals surface area (Å²) in [6, 6.07) is 4.02. The van der Waals surface area contributed by atoms with Gasteiger partial charge in [-0.05, 0) is 17.7 Å². The summed E-state index contributed by atoms with van der Waals surface area (Å²) in [5.41, 5.74) is -1.08. The number of rotatable bonds is 1. The second-order valence-electron chi connectivity index (χ2n) is 2.48. The molecule has 1 aromatic rings. The van der Waals surface area contributed by atoms with Gasteiger partial charge in [0.05, 0.1) is 5.57 Å². The van der Waals surface area contributed by atoms with Crippen LogP contribution in [-0.2, 0) is 0 Å². The van der Waals surface area contributed by atoms with E-state index >= 15 is 0 Å². The van der Waals surface area contributed by atoms with Crippen molar-refractivity contribution in [2.24, 2.45) is 0 Å². The minimum Gasteiger partial charge on any atom is -0.207 e. The van der Waals surface area contributed by atoms with Gasteiger partial charge in [0.1, 0.15) is 5.82 Å². The van der Waals surface area contributed by atoms with Gasteiger partial charge in [0.2, 0.25) is 0 Å². The molecule has 0 atom stereocenters. The highest BCUT2D eigenvalue weighted by Crippen LogP contribution is 2.31. The third-order valence-electron chi connectivity index (χ3n) is 1.53. The van der Waals surface area contributed by atoms with E-state index in [1.54, 1.807) is 0 Å². The fourth-order valence-corrected chi connectivity index (χ4v) is 0.815. The van der Waals surface area contributed by atoms with Crippen molar-refractivity contribution in [3.63, 3.8) is 0 Å². The van der Waals surface area contributed by atoms with Gasteiger partial charge in [-0.25, -0.2) is 4.39 Å². The number of halogens is 4. The van der Waals surface area contributed by atoms with Crippen LogP contribution in [0.25, 0.3) is 5.57 Å². The zero-order chi connectivity index (χ0) is 10.1. The number of benzene rings is 1. The first kappa shape index (κ1) is 9.77. The van der Waals surface area contributed by atoms with Crippen LogP contribution < -0.4 is 0 Å². The van der Waals surface area contributed by atoms with Gasteiger partial charge < -0.3 is 0 Å². The molecule has 0 aliphatic heterocycles. The normalized spacial score (nSPS) is 11.4. The van der Waals surface area contributed by atoms with E-state index in [-0.39, 0.29) is 5.56 Å². The topological polar surface area (TPSA) is 0 Å². The zero-order valence-corrected chi connectivity index (χ0v) is 6.53. The highest BCUT2D eigenvalue weighted by molar-refractivity contribution is 5.67. The first-order chi connectivity index (χ1) is 5.91. The average Bonchev–Trinajstić information content (AvgIpc) is 2.03. The van der Waals surface area contributed by atoms with Gasteiger partial charge in [-0.3, -0.25) is 0 Å². The monoisotopic (exact) mass is 190 g/mol. The molecule has 0 saturated carbocycles. The minimum absolute atomic E-state index is 0.117. The summed E-state index contributed by atoms with van der Waals surface area (Å²) in [5.74, 6) is -0.571. The Kier molecular flexibility index (Phi) is 2.40. The van der Waals surface area contributed by atoms with Crippen LogP contribution in [0.4, 0.5) is 17.6 Å². The highest BCUT2D eigenvalue weighted by atomic mass is 19.4. The molecule has 70 valence electrons. The van der Waals surface area contributed by atoms with Crippen molar-refractivity contribution in [3.05, 3.63) is 42.2 Å². The molecule has 0 heterocycles. The molecule has 0 radical (unpaired) electrons. The lowest BCUT2D eigenvalue weighted by atomic mass is 10.1. The minimum atomic E-state index is -4.46. The van der Waals surface area contributed by atoms with E-state index in [1.165, 1.54) is 0 Å². The second-order valence-corrected chi connectivity index (χ2v) is 2.48. The van der Waals surface area contributed by atoms with Crippen molar-refractivity contribution in [1.29, 1.82) is 0 Å². The summed E-state index contributed by atoms with van der Waals surface area (Å²) in [4.78, 5) is 0. The van der Waals surface area contributed by atoms with Crippen LogP contribution in [0.3, 0.4) is 0 Å². The smallest absolute Gasteiger partial charge is 0.207 e. The third-order valence-corrected chi connectivity index (χ3v) is 1.53. The second kappa shape index (κ2) is 3.20. The SMILES string of the molecule is C=C(c1ccc(F)cc1)C(F)(F)F. The molecule has 0 fully saturated rings. The highest BCUT2D eigenvalue weighted by Gasteiger charge is 2.32. The summed E-state index contributed by atoms with van der Waals surface area (Å²) < 4.78 is 48.5. The molecule has 0 saturated heterocycles. The molecule has 1 aromatic carbocycles. The van der Waals surface area contributed by atoms with Crippen LogP contribution in [-0.4, -0.2) is 6.18 Å². The van der Waals surface area contributed by atoms with Crippen molar-refractivity contribution >= 4 is 5.57 Å². The molecule has 13 heavy (non-hydrogen) atoms. The van der Waals surface area contributed by atoms with E-state index in [4.69, 9.17) is 0 Å². The Morgan fingerprint density at radius 3 is 1.92 bits per heavy atom. The molecule has 0 aliphatic rings. The predicted octanol–water partition coefficient (Wildman–Crippen LogP) is 3.40. The predicted molar refractivity (Wildman–Crippen MR) is 41.5 cm³/mol. The molecule has 0 nitrogen and oxygen atoms in total. The quantitative estimate of drug-likeness (QED) is 0.595. The van der Waals surface area contributed by atoms with Gasteiger partial charge in [-0.15, -0.1) is 0 Å². The lowest BCUT2D eigenvalue weighted by Gasteiger charge is -2.09. The largest absolute Gasteiger partial charge is 0.416 e. The lowest BCUT2D eigenvalue weighted by Crippen LogP contribution is -2.09. The third kappa shape index (κ3) is 2.31. The van der Waals surface area contributed by atoms with Gasteiger partial charge in [-0.2, -0.15) is 13.2 Å². The van der Waals surface area contributed by atoms with E-state index in [9.17, 15) is 17.6 Å². The first-order valence-electron chi connectivity index (χ1n) is 3.43. The molecule has 0 bridgehead atoms. The van der Waals surface area contributed by atoms with Crippen LogP contribution in [0.5, 0.6) is 0 Å². The van der Waals surface area contributed by atoms with Crippen LogP contribution in [0.2, 0.25) is 0 Å². The number of hydrogen-bond acceptors (Lipinski definition) is 0. The van der Waals surface area contributed by atoms with E-state index in [2.05, 4.69) is 6.58 Å². The maximum atomic E-state index is 12.3. The standard InChI is InChI=1S/C9H6F4/c1-6(9(11,12)13)7-2-4-8(10)5-3-7/h2-5H,1H2. The average molecular weight is 190 g/mol. The maximum Gasteiger partial charge on any atom is 0.416 e. The molecule has 1 rings (SSSR count). The van der Waals surface area contributed by atoms with Crippen molar-refractivity contribution in [3.8, 4) is 0 Å². The summed E-state index contributed by atoms with van der Waals surface area (Å²) in [5, 5.41) is 0. The van der Waals surface area contributed by atoms with E-state index < -0.39 is 17.6 Å². The van der Waals surface area contributed by atoms with Crippen LogP contribution in [0, 0.1) is 5.82 Å². The number of alkyl halides is 3. The summed E-state index contributed by atoms with van der Waals surface area (Å²) in [6.07, 6.45) is -4.46. The van der Waals surface area contributed by atoms with E-state index in [0.29, 0.717) is 0 Å². The van der Waals surface area contributed by atoms with Crippen molar-refractivity contribution in [2.45, 2.75) is 6.18 Å². The Labute approximate surface area is 72.5 Å². The van der Waals surface area contributed by atoms with Gasteiger partial charge in [0, 0.05) is 0 Å². The molecule has 0 spiro atoms. The van der Waals surface area contributed by atoms with Crippen LogP contribution in [0.15, 0.2) is 30.8 Å². The van der Waals surface area contributed by atoms with Gasteiger partial charge in [0.15, 0.2) is 0 Å². The molecule has 0 aliphatic carbocycles. The fraction of sp³-hybridized carbons (Fsp3) is 0.111. The molecule has 0 aromatic heterocycles. The Balaban J connectivity index is 2.97. The molecule has 0 unspecified atom stereocenters. The summed E-state index contributed by atoms with van der Waals surface area (Å²) >= 11 is 0. The molecular formula is C9H6F4. The molecular weight excluding hydrogens is 184 g/mol. The van der Waals surface area contributed by atoms with E-state index in [0.717, 1.165) is 24.3 Å². The molecule has 0 N–H and O–H groups in total. The van der Waals surface area contributed by atoms with E-state index in [1.807, 2.05) is 0 Å². The Morgan fingerprint density at radius 2 is 1.54 bits per heavy atom. The number of hydrogen-bond donors (Lipinski definition) is 0. The lowest BCUT2D eigenvalue weighted by molar-refractivity contribution is -0.0686. The Hall–Kier alpha value is -1.32. The molecule has 0 amide bonds. The molecule has 4 heteroatoms. The maximum absolute atomic E-state index is 12.3. The summed E-state index contributed by atoms with van der Waals surface area (Å²) in [6.45, 7) is 2.88. The van der Waals surface area contributed by atoms with Crippen molar-refractivity contribution < 1.29 is 17.6 Å². The van der Waals surface area contributed by atoms with Crippen molar-refractivity contribution in [2.75, 3.05) is 0 Å². The van der Waals surface area contributed by atoms with Gasteiger partial charge >= 0.3 is 6.18 Å². The number of allylic oxidation sites excluding steroid dienone is 1. The van der Waals surface area contributed by atoms with Crippen LogP contribution in [0.1, 0.15) is 5.56 Å². The first-order valence-corrected chi connectivity index (χ1v) is 3.43. The Morgan fingerprint density at radius 1 is 1.08 bits per heavy atom.